The molecule has 2 aliphatic rings. The van der Waals surface area contributed by atoms with Crippen LogP contribution in [-0.4, -0.2) is 44.0 Å². The summed E-state index contributed by atoms with van der Waals surface area (Å²) in [5.74, 6) is -0.283. The van der Waals surface area contributed by atoms with Crippen molar-refractivity contribution in [2.24, 2.45) is 17.6 Å². The van der Waals surface area contributed by atoms with E-state index < -0.39 is 17.9 Å². The Morgan fingerprint density at radius 1 is 1.23 bits per heavy atom. The number of hydrogen-bond donors (Lipinski definition) is 3. The van der Waals surface area contributed by atoms with Crippen LogP contribution in [0.4, 0.5) is 0 Å². The number of nitrogens with two attached hydrogens (primary N) is 1. The smallest absolute Gasteiger partial charge is 0.328 e. The van der Waals surface area contributed by atoms with Crippen molar-refractivity contribution in [3.63, 3.8) is 0 Å². The van der Waals surface area contributed by atoms with E-state index in [1.807, 2.05) is 27.7 Å². The van der Waals surface area contributed by atoms with Gasteiger partial charge in [-0.05, 0) is 25.2 Å². The Kier molecular flexibility index (Phi) is 17.2. The lowest BCUT2D eigenvalue weighted by Crippen LogP contribution is -2.47. The number of amides is 2. The molecule has 2 fully saturated rings. The fourth-order valence-corrected chi connectivity index (χ4v) is 2.12. The zero-order chi connectivity index (χ0) is 20.5. The van der Waals surface area contributed by atoms with Gasteiger partial charge < -0.3 is 21.1 Å². The minimum absolute atomic E-state index is 0.0860. The molecule has 1 heterocycles. The average Bonchev–Trinajstić information content (AvgIpc) is 3.48. The molecule has 2 atom stereocenters. The van der Waals surface area contributed by atoms with Crippen molar-refractivity contribution >= 4 is 17.8 Å². The number of piperidine rings is 1. The van der Waals surface area contributed by atoms with Crippen molar-refractivity contribution in [1.29, 1.82) is 0 Å². The molecule has 1 aliphatic heterocycles. The van der Waals surface area contributed by atoms with E-state index in [1.54, 1.807) is 0 Å². The topological polar surface area (TPSA) is 111 Å². The molecule has 154 valence electrons. The molecule has 1 aliphatic carbocycles. The lowest BCUT2D eigenvalue weighted by atomic mass is 9.91. The van der Waals surface area contributed by atoms with E-state index in [0.29, 0.717) is 13.0 Å². The van der Waals surface area contributed by atoms with Gasteiger partial charge in [0.15, 0.2) is 0 Å². The molecule has 1 saturated heterocycles. The summed E-state index contributed by atoms with van der Waals surface area (Å²) in [5, 5.41) is 5.20. The van der Waals surface area contributed by atoms with Crippen molar-refractivity contribution < 1.29 is 19.1 Å². The third-order valence-corrected chi connectivity index (χ3v) is 3.79. The maximum atomic E-state index is 11.6. The zero-order valence-electron chi connectivity index (χ0n) is 17.4. The highest BCUT2D eigenvalue weighted by Gasteiger charge is 2.30. The van der Waals surface area contributed by atoms with Gasteiger partial charge >= 0.3 is 5.97 Å². The molecule has 2 rings (SSSR count). The first-order valence-corrected chi connectivity index (χ1v) is 9.82. The van der Waals surface area contributed by atoms with Crippen molar-refractivity contribution in [2.45, 2.75) is 72.8 Å². The minimum Gasteiger partial charge on any atom is -0.467 e. The molecular formula is C19H39N3O4. The summed E-state index contributed by atoms with van der Waals surface area (Å²) in [6, 6.07) is -0.820. The second-order valence-corrected chi connectivity index (χ2v) is 5.90. The second kappa shape index (κ2) is 16.8. The van der Waals surface area contributed by atoms with E-state index in [0.717, 1.165) is 12.3 Å². The molecule has 26 heavy (non-hydrogen) atoms. The van der Waals surface area contributed by atoms with Gasteiger partial charge in [-0.15, -0.1) is 0 Å². The Labute approximate surface area is 158 Å². The number of esters is 1. The van der Waals surface area contributed by atoms with Gasteiger partial charge in [-0.3, -0.25) is 9.59 Å². The monoisotopic (exact) mass is 373 g/mol. The first-order chi connectivity index (χ1) is 12.5. The number of hydrogen-bond acceptors (Lipinski definition) is 5. The summed E-state index contributed by atoms with van der Waals surface area (Å²) in [6.07, 6.45) is 4.79. The van der Waals surface area contributed by atoms with Gasteiger partial charge in [0, 0.05) is 12.5 Å². The SMILES string of the molecule is CC.CC.CC1CC1.COC(=O)C(CC1CCCNC1=O)NC(=O)CN. The molecule has 0 aromatic rings. The quantitative estimate of drug-likeness (QED) is 0.638. The largest absolute Gasteiger partial charge is 0.467 e. The van der Waals surface area contributed by atoms with Crippen LogP contribution in [0.1, 0.15) is 66.7 Å². The summed E-state index contributed by atoms with van der Waals surface area (Å²) in [4.78, 5) is 34.4. The second-order valence-electron chi connectivity index (χ2n) is 5.90. The maximum Gasteiger partial charge on any atom is 0.328 e. The summed E-state index contributed by atoms with van der Waals surface area (Å²) >= 11 is 0. The van der Waals surface area contributed by atoms with Gasteiger partial charge in [0.05, 0.1) is 13.7 Å². The molecule has 7 heteroatoms. The van der Waals surface area contributed by atoms with Gasteiger partial charge in [0.2, 0.25) is 11.8 Å². The van der Waals surface area contributed by atoms with Gasteiger partial charge in [0.25, 0.3) is 0 Å². The molecule has 4 N–H and O–H groups in total. The highest BCUT2D eigenvalue weighted by molar-refractivity contribution is 5.86. The van der Waals surface area contributed by atoms with E-state index >= 15 is 0 Å². The maximum absolute atomic E-state index is 11.6. The van der Waals surface area contributed by atoms with Crippen LogP contribution < -0.4 is 16.4 Å². The third kappa shape index (κ3) is 12.7. The standard InChI is InChI=1S/C11H19N3O4.C4H8.2C2H6/c1-18-11(17)8(14-9(15)6-12)5-7-3-2-4-13-10(7)16;1-4-2-3-4;2*1-2/h7-8H,2-6,12H2,1H3,(H,13,16)(H,14,15);4H,2-3H2,1H3;2*1-2H3. The van der Waals surface area contributed by atoms with Crippen molar-refractivity contribution in [2.75, 3.05) is 20.2 Å². The lowest BCUT2D eigenvalue weighted by Gasteiger charge is -2.25. The van der Waals surface area contributed by atoms with Crippen LogP contribution in [0.5, 0.6) is 0 Å². The van der Waals surface area contributed by atoms with Crippen LogP contribution in [0.15, 0.2) is 0 Å². The van der Waals surface area contributed by atoms with Gasteiger partial charge in [-0.2, -0.15) is 0 Å². The van der Waals surface area contributed by atoms with Crippen LogP contribution >= 0.6 is 0 Å². The fourth-order valence-electron chi connectivity index (χ4n) is 2.12. The minimum atomic E-state index is -0.820. The number of ether oxygens (including phenoxy) is 1. The molecule has 0 radical (unpaired) electrons. The first kappa shape index (κ1) is 26.6. The molecule has 2 amide bonds. The lowest BCUT2D eigenvalue weighted by molar-refractivity contribution is -0.146. The molecule has 0 bridgehead atoms. The van der Waals surface area contributed by atoms with E-state index in [1.165, 1.54) is 20.0 Å². The number of nitrogens with one attached hydrogen (secondary N) is 2. The Bertz CT molecular complexity index is 398. The fraction of sp³-hybridized carbons (Fsp3) is 0.842. The van der Waals surface area contributed by atoms with Gasteiger partial charge in [-0.1, -0.05) is 47.5 Å². The van der Waals surface area contributed by atoms with Gasteiger partial charge in [0.1, 0.15) is 6.04 Å². The third-order valence-electron chi connectivity index (χ3n) is 3.79. The van der Waals surface area contributed by atoms with Crippen molar-refractivity contribution in [1.82, 2.24) is 10.6 Å². The van der Waals surface area contributed by atoms with E-state index in [9.17, 15) is 14.4 Å². The van der Waals surface area contributed by atoms with E-state index in [-0.39, 0.29) is 24.8 Å². The molecule has 0 aromatic heterocycles. The highest BCUT2D eigenvalue weighted by Crippen LogP contribution is 2.26. The zero-order valence-corrected chi connectivity index (χ0v) is 17.4. The predicted octanol–water partition coefficient (Wildman–Crippen LogP) is 1.99. The number of methoxy groups -OCH3 is 1. The van der Waals surface area contributed by atoms with Crippen LogP contribution in [0, 0.1) is 11.8 Å². The summed E-state index contributed by atoms with van der Waals surface area (Å²) in [5.41, 5.74) is 5.18. The van der Waals surface area contributed by atoms with E-state index in [2.05, 4.69) is 22.3 Å². The van der Waals surface area contributed by atoms with Gasteiger partial charge in [-0.25, -0.2) is 4.79 Å². The van der Waals surface area contributed by atoms with Crippen LogP contribution in [0.2, 0.25) is 0 Å². The summed E-state index contributed by atoms with van der Waals surface area (Å²) < 4.78 is 4.61. The number of carbonyl (C=O) groups excluding carboxylic acids is 3. The Morgan fingerprint density at radius 2 is 1.77 bits per heavy atom. The molecule has 7 nitrogen and oxygen atoms in total. The Hall–Kier alpha value is -1.63. The first-order valence-electron chi connectivity index (χ1n) is 9.82. The molecular weight excluding hydrogens is 334 g/mol. The number of rotatable bonds is 5. The highest BCUT2D eigenvalue weighted by atomic mass is 16.5. The van der Waals surface area contributed by atoms with Crippen LogP contribution in [0.25, 0.3) is 0 Å². The molecule has 1 saturated carbocycles. The predicted molar refractivity (Wildman–Crippen MR) is 104 cm³/mol. The Morgan fingerprint density at radius 3 is 2.15 bits per heavy atom. The normalized spacial score (nSPS) is 18.9. The molecule has 0 spiro atoms. The van der Waals surface area contributed by atoms with Crippen LogP contribution in [0.3, 0.4) is 0 Å². The van der Waals surface area contributed by atoms with Crippen LogP contribution in [-0.2, 0) is 19.1 Å². The Balaban J connectivity index is 0. The van der Waals surface area contributed by atoms with Crippen molar-refractivity contribution in [3.05, 3.63) is 0 Å². The molecule has 0 aromatic carbocycles. The number of carbonyl (C=O) groups is 3. The summed E-state index contributed by atoms with van der Waals surface area (Å²) in [6.45, 7) is 10.7. The summed E-state index contributed by atoms with van der Waals surface area (Å²) in [7, 11) is 1.24. The van der Waals surface area contributed by atoms with Crippen molar-refractivity contribution in [3.8, 4) is 0 Å². The molecule has 2 unspecified atom stereocenters. The van der Waals surface area contributed by atoms with E-state index in [4.69, 9.17) is 5.73 Å². The average molecular weight is 374 g/mol.